The number of benzene rings is 1. The number of nitrogens with one attached hydrogen (secondary N) is 1. The Morgan fingerprint density at radius 2 is 1.96 bits per heavy atom. The second-order valence-corrected chi connectivity index (χ2v) is 4.52. The summed E-state index contributed by atoms with van der Waals surface area (Å²) in [4.78, 5) is 23.0. The Morgan fingerprint density at radius 3 is 2.61 bits per heavy atom. The van der Waals surface area contributed by atoms with Gasteiger partial charge in [0, 0.05) is 0 Å². The van der Waals surface area contributed by atoms with Crippen molar-refractivity contribution in [1.82, 2.24) is 5.32 Å². The quantitative estimate of drug-likeness (QED) is 0.858. The Balaban J connectivity index is 1.82. The fourth-order valence-corrected chi connectivity index (χ4v) is 1.70. The summed E-state index contributed by atoms with van der Waals surface area (Å²) in [5.74, 6) is -1.33. The Morgan fingerprint density at radius 1 is 1.17 bits per heavy atom. The minimum absolute atomic E-state index is 0.0377. The molecule has 122 valence electrons. The predicted octanol–water partition coefficient (Wildman–Crippen LogP) is 2.77. The van der Waals surface area contributed by atoms with E-state index in [1.165, 1.54) is 30.5 Å². The van der Waals surface area contributed by atoms with Crippen LogP contribution in [0.1, 0.15) is 21.7 Å². The second kappa shape index (κ2) is 6.99. The summed E-state index contributed by atoms with van der Waals surface area (Å²) in [6.07, 6.45) is -3.15. The molecule has 1 aromatic heterocycles. The lowest BCUT2D eigenvalue weighted by Crippen LogP contribution is -2.30. The third-order valence-electron chi connectivity index (χ3n) is 2.79. The Bertz CT molecular complexity index is 680. The zero-order valence-electron chi connectivity index (χ0n) is 11.7. The molecule has 0 unspecified atom stereocenters. The summed E-state index contributed by atoms with van der Waals surface area (Å²) in [5.41, 5.74) is -0.622. The van der Waals surface area contributed by atoms with E-state index in [0.29, 0.717) is 0 Å². The van der Waals surface area contributed by atoms with Crippen LogP contribution in [0, 0.1) is 0 Å². The molecule has 0 saturated carbocycles. The SMILES string of the molecule is O=C(CNC(=O)c1ccco1)OCc1cccc(C(F)(F)F)c1. The highest BCUT2D eigenvalue weighted by atomic mass is 19.4. The predicted molar refractivity (Wildman–Crippen MR) is 72.3 cm³/mol. The second-order valence-electron chi connectivity index (χ2n) is 4.52. The van der Waals surface area contributed by atoms with Crippen molar-refractivity contribution in [3.63, 3.8) is 0 Å². The van der Waals surface area contributed by atoms with Gasteiger partial charge in [0.05, 0.1) is 11.8 Å². The number of alkyl halides is 3. The molecule has 0 fully saturated rings. The zero-order valence-corrected chi connectivity index (χ0v) is 11.7. The van der Waals surface area contributed by atoms with Crippen LogP contribution in [-0.4, -0.2) is 18.4 Å². The van der Waals surface area contributed by atoms with E-state index in [0.717, 1.165) is 12.1 Å². The molecule has 0 radical (unpaired) electrons. The van der Waals surface area contributed by atoms with E-state index in [1.807, 2.05) is 0 Å². The number of halogens is 3. The summed E-state index contributed by atoms with van der Waals surface area (Å²) < 4.78 is 47.3. The highest BCUT2D eigenvalue weighted by molar-refractivity contribution is 5.93. The van der Waals surface area contributed by atoms with Gasteiger partial charge in [-0.15, -0.1) is 0 Å². The molecule has 0 aliphatic carbocycles. The number of hydrogen-bond acceptors (Lipinski definition) is 4. The third kappa shape index (κ3) is 4.87. The van der Waals surface area contributed by atoms with E-state index in [2.05, 4.69) is 5.32 Å². The van der Waals surface area contributed by atoms with Gasteiger partial charge in [0.15, 0.2) is 5.76 Å². The van der Waals surface area contributed by atoms with Crippen LogP contribution >= 0.6 is 0 Å². The van der Waals surface area contributed by atoms with E-state index in [4.69, 9.17) is 9.15 Å². The molecule has 0 saturated heterocycles. The Kier molecular flexibility index (Phi) is 5.05. The van der Waals surface area contributed by atoms with Crippen molar-refractivity contribution in [2.45, 2.75) is 12.8 Å². The lowest BCUT2D eigenvalue weighted by Gasteiger charge is -2.09. The van der Waals surface area contributed by atoms with Crippen molar-refractivity contribution < 1.29 is 31.9 Å². The topological polar surface area (TPSA) is 68.5 Å². The van der Waals surface area contributed by atoms with Crippen LogP contribution in [0.15, 0.2) is 47.1 Å². The summed E-state index contributed by atoms with van der Waals surface area (Å²) in [6, 6.07) is 7.39. The molecule has 0 aliphatic heterocycles. The minimum atomic E-state index is -4.46. The van der Waals surface area contributed by atoms with Gasteiger partial charge in [-0.25, -0.2) is 0 Å². The smallest absolute Gasteiger partial charge is 0.416 e. The lowest BCUT2D eigenvalue weighted by molar-refractivity contribution is -0.143. The van der Waals surface area contributed by atoms with Crippen LogP contribution in [0.25, 0.3) is 0 Å². The summed E-state index contributed by atoms with van der Waals surface area (Å²) in [6.45, 7) is -0.738. The van der Waals surface area contributed by atoms with E-state index >= 15 is 0 Å². The highest BCUT2D eigenvalue weighted by Gasteiger charge is 2.30. The van der Waals surface area contributed by atoms with Gasteiger partial charge in [-0.2, -0.15) is 13.2 Å². The molecule has 2 aromatic rings. The van der Waals surface area contributed by atoms with Crippen LogP contribution in [0.2, 0.25) is 0 Å². The van der Waals surface area contributed by atoms with Gasteiger partial charge in [-0.05, 0) is 29.8 Å². The number of carbonyl (C=O) groups is 2. The maximum Gasteiger partial charge on any atom is 0.416 e. The number of hydrogen-bond donors (Lipinski definition) is 1. The van der Waals surface area contributed by atoms with Crippen LogP contribution < -0.4 is 5.32 Å². The fraction of sp³-hybridized carbons (Fsp3) is 0.200. The van der Waals surface area contributed by atoms with Crippen LogP contribution in [0.3, 0.4) is 0 Å². The van der Waals surface area contributed by atoms with E-state index in [-0.39, 0.29) is 17.9 Å². The Labute approximate surface area is 129 Å². The number of carbonyl (C=O) groups excluding carboxylic acids is 2. The molecule has 0 aliphatic rings. The molecular formula is C15H12F3NO4. The largest absolute Gasteiger partial charge is 0.460 e. The zero-order chi connectivity index (χ0) is 16.9. The van der Waals surface area contributed by atoms with Gasteiger partial charge in [-0.3, -0.25) is 9.59 Å². The average Bonchev–Trinajstić information content (AvgIpc) is 3.04. The number of furan rings is 1. The highest BCUT2D eigenvalue weighted by Crippen LogP contribution is 2.29. The summed E-state index contributed by atoms with van der Waals surface area (Å²) >= 11 is 0. The third-order valence-corrected chi connectivity index (χ3v) is 2.79. The van der Waals surface area contributed by atoms with E-state index < -0.39 is 30.2 Å². The molecule has 0 atom stereocenters. The molecule has 8 heteroatoms. The van der Waals surface area contributed by atoms with Gasteiger partial charge in [0.1, 0.15) is 13.2 Å². The van der Waals surface area contributed by atoms with Crippen LogP contribution in [-0.2, 0) is 22.3 Å². The molecule has 5 nitrogen and oxygen atoms in total. The van der Waals surface area contributed by atoms with Gasteiger partial charge >= 0.3 is 12.1 Å². The minimum Gasteiger partial charge on any atom is -0.460 e. The van der Waals surface area contributed by atoms with Crippen molar-refractivity contribution in [3.05, 3.63) is 59.5 Å². The first-order valence-electron chi connectivity index (χ1n) is 6.50. The van der Waals surface area contributed by atoms with E-state index in [9.17, 15) is 22.8 Å². The van der Waals surface area contributed by atoms with E-state index in [1.54, 1.807) is 0 Å². The molecule has 23 heavy (non-hydrogen) atoms. The molecule has 1 amide bonds. The lowest BCUT2D eigenvalue weighted by atomic mass is 10.1. The van der Waals surface area contributed by atoms with Crippen LogP contribution in [0.4, 0.5) is 13.2 Å². The number of rotatable bonds is 5. The standard InChI is InChI=1S/C15H12F3NO4/c16-15(17,18)11-4-1-3-10(7-11)9-23-13(20)8-19-14(21)12-5-2-6-22-12/h1-7H,8-9H2,(H,19,21). The maximum absolute atomic E-state index is 12.5. The molecule has 1 N–H and O–H groups in total. The molecule has 0 bridgehead atoms. The molecule has 1 aromatic carbocycles. The first-order chi connectivity index (χ1) is 10.9. The Hall–Kier alpha value is -2.77. The van der Waals surface area contributed by atoms with Crippen molar-refractivity contribution in [1.29, 1.82) is 0 Å². The molecule has 1 heterocycles. The maximum atomic E-state index is 12.5. The van der Waals surface area contributed by atoms with Crippen molar-refractivity contribution in [2.24, 2.45) is 0 Å². The molecule has 2 rings (SSSR count). The molecular weight excluding hydrogens is 315 g/mol. The monoisotopic (exact) mass is 327 g/mol. The van der Waals surface area contributed by atoms with Gasteiger partial charge in [0.25, 0.3) is 5.91 Å². The summed E-state index contributed by atoms with van der Waals surface area (Å²) in [7, 11) is 0. The molecule has 0 spiro atoms. The number of esters is 1. The first-order valence-corrected chi connectivity index (χ1v) is 6.50. The first kappa shape index (κ1) is 16.6. The normalized spacial score (nSPS) is 11.1. The number of amides is 1. The number of ether oxygens (including phenoxy) is 1. The van der Waals surface area contributed by atoms with Crippen molar-refractivity contribution in [3.8, 4) is 0 Å². The van der Waals surface area contributed by atoms with Crippen LogP contribution in [0.5, 0.6) is 0 Å². The van der Waals surface area contributed by atoms with Crippen molar-refractivity contribution in [2.75, 3.05) is 6.54 Å². The fourth-order valence-electron chi connectivity index (χ4n) is 1.70. The average molecular weight is 327 g/mol. The van der Waals surface area contributed by atoms with Crippen molar-refractivity contribution >= 4 is 11.9 Å². The van der Waals surface area contributed by atoms with Gasteiger partial charge in [0.2, 0.25) is 0 Å². The van der Waals surface area contributed by atoms with Gasteiger partial charge < -0.3 is 14.5 Å². The summed E-state index contributed by atoms with van der Waals surface area (Å²) in [5, 5.41) is 2.27. The van der Waals surface area contributed by atoms with Gasteiger partial charge in [-0.1, -0.05) is 12.1 Å².